The van der Waals surface area contributed by atoms with Crippen LogP contribution in [0.5, 0.6) is 0 Å². The van der Waals surface area contributed by atoms with Gasteiger partial charge in [-0.3, -0.25) is 14.6 Å². The maximum absolute atomic E-state index is 14.5. The number of anilines is 2. The highest BCUT2D eigenvalue weighted by atomic mass is 35.5. The van der Waals surface area contributed by atoms with Gasteiger partial charge in [-0.2, -0.15) is 0 Å². The summed E-state index contributed by atoms with van der Waals surface area (Å²) in [5, 5.41) is 15.5. The molecule has 5 rings (SSSR count). The Bertz CT molecular complexity index is 1280. The number of hydrogen-bond acceptors (Lipinski definition) is 6. The van der Waals surface area contributed by atoms with Gasteiger partial charge in [0, 0.05) is 18.8 Å². The number of fused-ring (bicyclic) bond motifs is 1. The number of carbonyl (C=O) groups is 2. The van der Waals surface area contributed by atoms with E-state index in [-0.39, 0.29) is 47.3 Å². The molecule has 0 saturated carbocycles. The smallest absolute Gasteiger partial charge is 0.255 e. The molecule has 2 aromatic heterocycles. The molecule has 1 atom stereocenters. The van der Waals surface area contributed by atoms with Crippen molar-refractivity contribution in [2.45, 2.75) is 31.8 Å². The molecular formula is C25H23ClFN5O3. The van der Waals surface area contributed by atoms with E-state index in [1.165, 1.54) is 12.1 Å². The summed E-state index contributed by atoms with van der Waals surface area (Å²) < 4.78 is 14.5. The number of nitrogens with zero attached hydrogens (tertiary/aromatic N) is 3. The number of halogens is 2. The fourth-order valence-electron chi connectivity index (χ4n) is 4.57. The molecule has 35 heavy (non-hydrogen) atoms. The molecule has 3 aromatic rings. The van der Waals surface area contributed by atoms with Crippen LogP contribution in [0.1, 0.15) is 34.5 Å². The van der Waals surface area contributed by atoms with Crippen molar-refractivity contribution in [3.63, 3.8) is 0 Å². The van der Waals surface area contributed by atoms with Crippen LogP contribution in [-0.2, 0) is 17.8 Å². The fourth-order valence-corrected chi connectivity index (χ4v) is 4.83. The van der Waals surface area contributed by atoms with E-state index in [9.17, 15) is 19.1 Å². The lowest BCUT2D eigenvalue weighted by molar-refractivity contribution is -0.132. The van der Waals surface area contributed by atoms with Crippen molar-refractivity contribution in [3.05, 3.63) is 70.3 Å². The number of carbonyl (C=O) groups excluding carboxylic acids is 2. The van der Waals surface area contributed by atoms with Crippen molar-refractivity contribution < 1.29 is 19.1 Å². The first-order valence-electron chi connectivity index (χ1n) is 11.3. The minimum Gasteiger partial charge on any atom is -0.394 e. The summed E-state index contributed by atoms with van der Waals surface area (Å²) in [7, 11) is 0. The molecule has 4 heterocycles. The molecule has 0 spiro atoms. The van der Waals surface area contributed by atoms with E-state index in [1.807, 2.05) is 0 Å². The van der Waals surface area contributed by atoms with Gasteiger partial charge in [-0.05, 0) is 48.7 Å². The van der Waals surface area contributed by atoms with Crippen molar-refractivity contribution in [2.75, 3.05) is 18.5 Å². The zero-order valence-corrected chi connectivity index (χ0v) is 19.5. The summed E-state index contributed by atoms with van der Waals surface area (Å²) in [6.45, 7) is 0.907. The highest BCUT2D eigenvalue weighted by Crippen LogP contribution is 2.34. The Hall–Kier alpha value is -3.56. The van der Waals surface area contributed by atoms with E-state index >= 15 is 0 Å². The molecule has 10 heteroatoms. The summed E-state index contributed by atoms with van der Waals surface area (Å²) in [5.41, 5.74) is 2.68. The Morgan fingerprint density at radius 1 is 1.29 bits per heavy atom. The largest absolute Gasteiger partial charge is 0.394 e. The lowest BCUT2D eigenvalue weighted by Gasteiger charge is -2.22. The minimum atomic E-state index is -0.509. The predicted molar refractivity (Wildman–Crippen MR) is 129 cm³/mol. The standard InChI is InChI=1S/C25H23ClFN5O3/c26-18-4-1-5-19(27)23(18)20-9-14-11-29-25(35)22(14)24(31-20)30-16-7-6-15(28-12-16)10-21(34)32-8-2-3-17(32)13-33/h1,4-7,9,12,17,33H,2-3,8,10-11,13H2,(H,29,35)(H,30,31). The van der Waals surface area contributed by atoms with Gasteiger partial charge in [-0.25, -0.2) is 9.37 Å². The molecule has 8 nitrogen and oxygen atoms in total. The molecule has 1 aromatic carbocycles. The maximum Gasteiger partial charge on any atom is 0.255 e. The SMILES string of the molecule is O=C1NCc2cc(-c3c(F)cccc3Cl)nc(Nc3ccc(CC(=O)N4CCCC4CO)nc3)c21. The topological polar surface area (TPSA) is 107 Å². The Balaban J connectivity index is 1.39. The van der Waals surface area contributed by atoms with Gasteiger partial charge in [-0.15, -0.1) is 0 Å². The third kappa shape index (κ3) is 4.56. The van der Waals surface area contributed by atoms with Gasteiger partial charge in [0.15, 0.2) is 0 Å². The monoisotopic (exact) mass is 495 g/mol. The van der Waals surface area contributed by atoms with Crippen molar-refractivity contribution in [2.24, 2.45) is 0 Å². The first-order chi connectivity index (χ1) is 16.9. The molecule has 2 aliphatic rings. The Morgan fingerprint density at radius 3 is 2.89 bits per heavy atom. The number of benzene rings is 1. The third-order valence-electron chi connectivity index (χ3n) is 6.31. The lowest BCUT2D eigenvalue weighted by Crippen LogP contribution is -2.38. The van der Waals surface area contributed by atoms with E-state index in [4.69, 9.17) is 11.6 Å². The molecule has 0 bridgehead atoms. The summed E-state index contributed by atoms with van der Waals surface area (Å²) >= 11 is 6.24. The summed E-state index contributed by atoms with van der Waals surface area (Å²) in [6, 6.07) is 9.41. The van der Waals surface area contributed by atoms with Crippen LogP contribution in [0, 0.1) is 5.82 Å². The number of hydrogen-bond donors (Lipinski definition) is 3. The van der Waals surface area contributed by atoms with Crippen LogP contribution in [0.25, 0.3) is 11.3 Å². The van der Waals surface area contributed by atoms with Gasteiger partial charge < -0.3 is 20.6 Å². The molecule has 1 fully saturated rings. The number of aliphatic hydroxyl groups is 1. The second kappa shape index (κ2) is 9.59. The van der Waals surface area contributed by atoms with E-state index < -0.39 is 5.82 Å². The van der Waals surface area contributed by atoms with Gasteiger partial charge >= 0.3 is 0 Å². The Labute approximate surface area is 206 Å². The minimum absolute atomic E-state index is 0.0376. The highest BCUT2D eigenvalue weighted by Gasteiger charge is 2.29. The first-order valence-corrected chi connectivity index (χ1v) is 11.7. The van der Waals surface area contributed by atoms with Crippen LogP contribution < -0.4 is 10.6 Å². The molecular weight excluding hydrogens is 473 g/mol. The fraction of sp³-hybridized carbons (Fsp3) is 0.280. The summed E-state index contributed by atoms with van der Waals surface area (Å²) in [5.74, 6) is -0.591. The van der Waals surface area contributed by atoms with Crippen molar-refractivity contribution in [1.82, 2.24) is 20.2 Å². The van der Waals surface area contributed by atoms with Gasteiger partial charge in [0.1, 0.15) is 11.6 Å². The van der Waals surface area contributed by atoms with Crippen LogP contribution in [0.15, 0.2) is 42.6 Å². The quantitative estimate of drug-likeness (QED) is 0.483. The second-order valence-corrected chi connectivity index (χ2v) is 8.98. The Morgan fingerprint density at radius 2 is 2.14 bits per heavy atom. The van der Waals surface area contributed by atoms with E-state index in [0.717, 1.165) is 12.8 Å². The normalized spacial score (nSPS) is 16.8. The van der Waals surface area contributed by atoms with Crippen LogP contribution >= 0.6 is 11.6 Å². The summed E-state index contributed by atoms with van der Waals surface area (Å²) in [6.07, 6.45) is 3.38. The number of aliphatic hydroxyl groups excluding tert-OH is 1. The molecule has 1 unspecified atom stereocenters. The maximum atomic E-state index is 14.5. The highest BCUT2D eigenvalue weighted by molar-refractivity contribution is 6.33. The van der Waals surface area contributed by atoms with Crippen molar-refractivity contribution >= 4 is 34.9 Å². The molecule has 180 valence electrons. The van der Waals surface area contributed by atoms with Gasteiger partial charge in [0.25, 0.3) is 5.91 Å². The van der Waals surface area contributed by atoms with E-state index in [2.05, 4.69) is 20.6 Å². The number of nitrogens with one attached hydrogen (secondary N) is 2. The average molecular weight is 496 g/mol. The lowest BCUT2D eigenvalue weighted by atomic mass is 10.1. The molecule has 0 radical (unpaired) electrons. The number of rotatable bonds is 6. The second-order valence-electron chi connectivity index (χ2n) is 8.58. The van der Waals surface area contributed by atoms with E-state index in [0.29, 0.717) is 41.3 Å². The zero-order chi connectivity index (χ0) is 24.5. The number of aromatic nitrogens is 2. The van der Waals surface area contributed by atoms with Crippen molar-refractivity contribution in [1.29, 1.82) is 0 Å². The van der Waals surface area contributed by atoms with E-state index in [1.54, 1.807) is 35.4 Å². The summed E-state index contributed by atoms with van der Waals surface area (Å²) in [4.78, 5) is 35.7. The van der Waals surface area contributed by atoms with Gasteiger partial charge in [0.2, 0.25) is 5.91 Å². The molecule has 1 saturated heterocycles. The predicted octanol–water partition coefficient (Wildman–Crippen LogP) is 3.45. The van der Waals surface area contributed by atoms with Crippen molar-refractivity contribution in [3.8, 4) is 11.3 Å². The molecule has 2 amide bonds. The number of pyridine rings is 2. The average Bonchev–Trinajstić information content (AvgIpc) is 3.47. The third-order valence-corrected chi connectivity index (χ3v) is 6.63. The zero-order valence-electron chi connectivity index (χ0n) is 18.7. The number of amides is 2. The van der Waals surface area contributed by atoms with Gasteiger partial charge in [0.05, 0.1) is 52.8 Å². The molecule has 0 aliphatic carbocycles. The first kappa shape index (κ1) is 23.2. The van der Waals surface area contributed by atoms with Crippen LogP contribution in [0.4, 0.5) is 15.9 Å². The Kier molecular flexibility index (Phi) is 6.36. The van der Waals surface area contributed by atoms with Crippen LogP contribution in [0.3, 0.4) is 0 Å². The van der Waals surface area contributed by atoms with Crippen LogP contribution in [0.2, 0.25) is 5.02 Å². The van der Waals surface area contributed by atoms with Crippen LogP contribution in [-0.4, -0.2) is 51.0 Å². The number of likely N-dealkylation sites (tertiary alicyclic amines) is 1. The molecule has 3 N–H and O–H groups in total. The van der Waals surface area contributed by atoms with Gasteiger partial charge in [-0.1, -0.05) is 17.7 Å². The molecule has 2 aliphatic heterocycles.